The summed E-state index contributed by atoms with van der Waals surface area (Å²) in [6.45, 7) is 0.596. The maximum atomic E-state index is 13.0. The Kier molecular flexibility index (Phi) is 12.2. The smallest absolute Gasteiger partial charge is 0.303 e. The zero-order valence-corrected chi connectivity index (χ0v) is 22.9. The highest BCUT2D eigenvalue weighted by Crippen LogP contribution is 2.33. The second-order valence-electron chi connectivity index (χ2n) is 9.91. The van der Waals surface area contributed by atoms with Crippen LogP contribution >= 0.6 is 0 Å². The molecule has 5 N–H and O–H groups in total. The van der Waals surface area contributed by atoms with E-state index in [1.807, 2.05) is 42.5 Å². The van der Waals surface area contributed by atoms with Gasteiger partial charge in [0, 0.05) is 25.1 Å². The molecule has 10 heteroatoms. The quantitative estimate of drug-likeness (QED) is 0.123. The number of unbranched alkanes of at least 4 members (excludes halogenated alkanes) is 8. The normalized spacial score (nSPS) is 10.9. The van der Waals surface area contributed by atoms with Crippen molar-refractivity contribution >= 4 is 46.6 Å². The summed E-state index contributed by atoms with van der Waals surface area (Å²) in [6, 6.07) is 13.1. The van der Waals surface area contributed by atoms with Gasteiger partial charge in [-0.15, -0.1) is 5.10 Å². The first-order valence-electron chi connectivity index (χ1n) is 14.0. The molecule has 2 amide bonds. The summed E-state index contributed by atoms with van der Waals surface area (Å²) >= 11 is 0. The number of carbonyl (C=O) groups is 4. The molecule has 10 nitrogen and oxygen atoms in total. The van der Waals surface area contributed by atoms with Crippen LogP contribution in [0.4, 0.5) is 11.5 Å². The van der Waals surface area contributed by atoms with Gasteiger partial charge < -0.3 is 21.5 Å². The fourth-order valence-corrected chi connectivity index (χ4v) is 4.72. The van der Waals surface area contributed by atoms with E-state index in [1.54, 1.807) is 0 Å². The first-order valence-corrected chi connectivity index (χ1v) is 14.0. The number of fused-ring (bicyclic) bond motifs is 1. The Balaban J connectivity index is 1.34. The molecular formula is C30H39N5O5. The minimum absolute atomic E-state index is 0.0343. The number of anilines is 2. The molecule has 214 valence electrons. The van der Waals surface area contributed by atoms with E-state index >= 15 is 0 Å². The largest absolute Gasteiger partial charge is 0.481 e. The van der Waals surface area contributed by atoms with Crippen LogP contribution in [-0.4, -0.2) is 45.6 Å². The van der Waals surface area contributed by atoms with Gasteiger partial charge in [0.05, 0.1) is 17.3 Å². The third-order valence-corrected chi connectivity index (χ3v) is 6.85. The molecule has 2 aromatic carbocycles. The lowest BCUT2D eigenvalue weighted by Gasteiger charge is -2.07. The van der Waals surface area contributed by atoms with Crippen LogP contribution in [0.25, 0.3) is 22.0 Å². The summed E-state index contributed by atoms with van der Waals surface area (Å²) < 4.78 is 1.42. The van der Waals surface area contributed by atoms with E-state index in [9.17, 15) is 19.2 Å². The van der Waals surface area contributed by atoms with Gasteiger partial charge in [-0.3, -0.25) is 19.2 Å². The molecule has 0 spiro atoms. The first-order chi connectivity index (χ1) is 19.4. The second-order valence-corrected chi connectivity index (χ2v) is 9.91. The molecule has 0 aliphatic rings. The predicted molar refractivity (Wildman–Crippen MR) is 156 cm³/mol. The standard InChI is InChI=1S/C30H39N5O5/c31-30-29-24(22-14-16-23(17-15-22)33-21-36)11-10-12-25(29)35(34-30)27(38)13-8-6-4-2-1-3-5-7-9-20-32-26(37)18-19-28(39)40/h10-12,14-17,21H,1-9,13,18-20H2,(H2,31,34)(H,32,37)(H,33,36)(H,39,40). The summed E-state index contributed by atoms with van der Waals surface area (Å²) in [5.74, 6) is -0.914. The van der Waals surface area contributed by atoms with Crippen molar-refractivity contribution in [2.45, 2.75) is 77.0 Å². The summed E-state index contributed by atoms with van der Waals surface area (Å²) in [6.07, 6.45) is 10.3. The zero-order chi connectivity index (χ0) is 28.7. The predicted octanol–water partition coefficient (Wildman–Crippen LogP) is 5.38. The minimum Gasteiger partial charge on any atom is -0.481 e. The molecule has 0 saturated carbocycles. The topological polar surface area (TPSA) is 156 Å². The summed E-state index contributed by atoms with van der Waals surface area (Å²) in [5.41, 5.74) is 9.43. The van der Waals surface area contributed by atoms with E-state index in [2.05, 4.69) is 15.7 Å². The van der Waals surface area contributed by atoms with E-state index in [4.69, 9.17) is 10.8 Å². The van der Waals surface area contributed by atoms with Crippen molar-refractivity contribution < 1.29 is 24.3 Å². The third kappa shape index (κ3) is 9.21. The Hall–Kier alpha value is -4.21. The molecule has 0 bridgehead atoms. The van der Waals surface area contributed by atoms with Gasteiger partial charge >= 0.3 is 5.97 Å². The molecule has 40 heavy (non-hydrogen) atoms. The van der Waals surface area contributed by atoms with Gasteiger partial charge in [-0.05, 0) is 42.2 Å². The monoisotopic (exact) mass is 549 g/mol. The van der Waals surface area contributed by atoms with Crippen molar-refractivity contribution in [3.63, 3.8) is 0 Å². The number of nitrogen functional groups attached to an aromatic ring is 1. The van der Waals surface area contributed by atoms with Gasteiger partial charge in [0.15, 0.2) is 5.82 Å². The van der Waals surface area contributed by atoms with E-state index < -0.39 is 5.97 Å². The molecule has 0 atom stereocenters. The van der Waals surface area contributed by atoms with Gasteiger partial charge in [-0.1, -0.05) is 69.2 Å². The molecule has 0 saturated heterocycles. The Morgan fingerprint density at radius 1 is 0.850 bits per heavy atom. The van der Waals surface area contributed by atoms with E-state index in [1.165, 1.54) is 4.68 Å². The van der Waals surface area contributed by atoms with Crippen LogP contribution in [0.5, 0.6) is 0 Å². The van der Waals surface area contributed by atoms with Crippen molar-refractivity contribution in [3.8, 4) is 11.1 Å². The number of carboxylic acid groups (broad SMARTS) is 1. The molecule has 0 unspecified atom stereocenters. The van der Waals surface area contributed by atoms with Crippen LogP contribution in [-0.2, 0) is 14.4 Å². The summed E-state index contributed by atoms with van der Waals surface area (Å²) in [4.78, 5) is 45.5. The number of aromatic nitrogens is 2. The highest BCUT2D eigenvalue weighted by atomic mass is 16.4. The summed E-state index contributed by atoms with van der Waals surface area (Å²) in [5, 5.41) is 19.1. The number of nitrogens with two attached hydrogens (primary N) is 1. The van der Waals surface area contributed by atoms with Crippen molar-refractivity contribution in [1.82, 2.24) is 15.1 Å². The number of hydrogen-bond donors (Lipinski definition) is 4. The molecule has 0 aliphatic heterocycles. The van der Waals surface area contributed by atoms with Gasteiger partial charge in [0.25, 0.3) is 0 Å². The van der Waals surface area contributed by atoms with Crippen LogP contribution in [0.1, 0.15) is 81.8 Å². The lowest BCUT2D eigenvalue weighted by Crippen LogP contribution is -2.24. The maximum absolute atomic E-state index is 13.0. The van der Waals surface area contributed by atoms with Crippen LogP contribution in [0.15, 0.2) is 42.5 Å². The zero-order valence-electron chi connectivity index (χ0n) is 22.9. The first kappa shape index (κ1) is 30.3. The van der Waals surface area contributed by atoms with Crippen molar-refractivity contribution in [1.29, 1.82) is 0 Å². The minimum atomic E-state index is -0.956. The number of benzene rings is 2. The van der Waals surface area contributed by atoms with E-state index in [-0.39, 0.29) is 24.7 Å². The molecule has 0 fully saturated rings. The fourth-order valence-electron chi connectivity index (χ4n) is 4.72. The number of hydrogen-bond acceptors (Lipinski definition) is 6. The van der Waals surface area contributed by atoms with Crippen LogP contribution in [0.2, 0.25) is 0 Å². The molecule has 1 aromatic heterocycles. The lowest BCUT2D eigenvalue weighted by atomic mass is 10.0. The van der Waals surface area contributed by atoms with Crippen LogP contribution < -0.4 is 16.4 Å². The second kappa shape index (κ2) is 16.0. The fraction of sp³-hybridized carbons (Fsp3) is 0.433. The molecule has 3 rings (SSSR count). The average Bonchev–Trinajstić information content (AvgIpc) is 3.29. The van der Waals surface area contributed by atoms with Crippen LogP contribution in [0.3, 0.4) is 0 Å². The average molecular weight is 550 g/mol. The molecular weight excluding hydrogens is 510 g/mol. The number of amides is 2. The number of carboxylic acids is 1. The van der Waals surface area contributed by atoms with Crippen molar-refractivity contribution in [2.75, 3.05) is 17.6 Å². The molecule has 1 heterocycles. The number of carbonyl (C=O) groups excluding carboxylic acids is 3. The number of aliphatic carboxylic acids is 1. The summed E-state index contributed by atoms with van der Waals surface area (Å²) in [7, 11) is 0. The number of nitrogens with zero attached hydrogens (tertiary/aromatic N) is 2. The van der Waals surface area contributed by atoms with Crippen molar-refractivity contribution in [3.05, 3.63) is 42.5 Å². The number of rotatable bonds is 18. The Morgan fingerprint density at radius 2 is 1.50 bits per heavy atom. The highest BCUT2D eigenvalue weighted by molar-refractivity contribution is 6.05. The number of nitrogens with one attached hydrogen (secondary N) is 2. The maximum Gasteiger partial charge on any atom is 0.303 e. The van der Waals surface area contributed by atoms with Gasteiger partial charge in [-0.25, -0.2) is 0 Å². The third-order valence-electron chi connectivity index (χ3n) is 6.85. The molecule has 3 aromatic rings. The Bertz CT molecular complexity index is 1290. The van der Waals surface area contributed by atoms with Gasteiger partial charge in [0.2, 0.25) is 18.2 Å². The van der Waals surface area contributed by atoms with Gasteiger partial charge in [0.1, 0.15) is 0 Å². The van der Waals surface area contributed by atoms with Gasteiger partial charge in [-0.2, -0.15) is 4.68 Å². The SMILES string of the molecule is Nc1nn(C(=O)CCCCCCCCCCCNC(=O)CCC(=O)O)c2cccc(-c3ccc(NC=O)cc3)c12. The van der Waals surface area contributed by atoms with E-state index in [0.29, 0.717) is 36.4 Å². The molecule has 0 aliphatic carbocycles. The van der Waals surface area contributed by atoms with Crippen LogP contribution in [0, 0.1) is 0 Å². The Morgan fingerprint density at radius 3 is 2.15 bits per heavy atom. The lowest BCUT2D eigenvalue weighted by molar-refractivity contribution is -0.138. The Labute approximate surface area is 234 Å². The van der Waals surface area contributed by atoms with E-state index in [0.717, 1.165) is 74.3 Å². The van der Waals surface area contributed by atoms with Crippen molar-refractivity contribution in [2.24, 2.45) is 0 Å². The molecule has 0 radical (unpaired) electrons. The highest BCUT2D eigenvalue weighted by Gasteiger charge is 2.17.